The number of hydrogen-bond donors (Lipinski definition) is 0. The van der Waals surface area contributed by atoms with Crippen LogP contribution in [-0.2, 0) is 14.1 Å². The molecule has 0 radical (unpaired) electrons. The summed E-state index contributed by atoms with van der Waals surface area (Å²) < 4.78 is 2.92. The second kappa shape index (κ2) is 9.05. The topological polar surface area (TPSA) is 69.8 Å². The zero-order chi connectivity index (χ0) is 23.5. The molecular weight excluding hydrogens is 416 g/mol. The SMILES string of the molecule is C#Cc1ccc2c(=O)n(C)cnc2c1.Cn1cnc2cc(C#C[Si](C)(C)C)ccc2c1=O. The third-order valence-corrected chi connectivity index (χ3v) is 5.46. The van der Waals surface area contributed by atoms with E-state index in [2.05, 4.69) is 47.0 Å². The Morgan fingerprint density at radius 3 is 1.75 bits per heavy atom. The summed E-state index contributed by atoms with van der Waals surface area (Å²) in [6.07, 6.45) is 8.28. The van der Waals surface area contributed by atoms with Gasteiger partial charge in [-0.15, -0.1) is 12.0 Å². The Morgan fingerprint density at radius 2 is 1.28 bits per heavy atom. The molecule has 0 aliphatic carbocycles. The number of rotatable bonds is 0. The summed E-state index contributed by atoms with van der Waals surface area (Å²) in [6, 6.07) is 10.8. The molecule has 0 saturated heterocycles. The molecule has 2 aromatic heterocycles. The third-order valence-electron chi connectivity index (χ3n) is 4.59. The first-order chi connectivity index (χ1) is 15.1. The van der Waals surface area contributed by atoms with Crippen molar-refractivity contribution in [1.29, 1.82) is 0 Å². The molecule has 0 amide bonds. The van der Waals surface area contributed by atoms with E-state index in [1.807, 2.05) is 12.1 Å². The summed E-state index contributed by atoms with van der Waals surface area (Å²) in [7, 11) is 2.00. The first kappa shape index (κ1) is 22.7. The van der Waals surface area contributed by atoms with Crippen molar-refractivity contribution in [1.82, 2.24) is 19.1 Å². The van der Waals surface area contributed by atoms with Crippen LogP contribution in [0.1, 0.15) is 11.1 Å². The highest BCUT2D eigenvalue weighted by atomic mass is 28.3. The molecule has 0 spiro atoms. The Balaban J connectivity index is 0.000000186. The summed E-state index contributed by atoms with van der Waals surface area (Å²) >= 11 is 0. The molecule has 4 rings (SSSR count). The molecule has 0 bridgehead atoms. The zero-order valence-electron chi connectivity index (χ0n) is 18.8. The van der Waals surface area contributed by atoms with Crippen LogP contribution in [0.25, 0.3) is 21.8 Å². The van der Waals surface area contributed by atoms with Crippen LogP contribution in [0.15, 0.2) is 58.6 Å². The van der Waals surface area contributed by atoms with E-state index in [0.29, 0.717) is 21.8 Å². The predicted octanol–water partition coefficient (Wildman–Crippen LogP) is 3.08. The number of aromatic nitrogens is 4. The highest BCUT2D eigenvalue weighted by Crippen LogP contribution is 2.10. The number of terminal acetylenes is 1. The highest BCUT2D eigenvalue weighted by Gasteiger charge is 2.08. The Bertz CT molecular complexity index is 1540. The van der Waals surface area contributed by atoms with E-state index in [4.69, 9.17) is 6.42 Å². The van der Waals surface area contributed by atoms with Crippen molar-refractivity contribution in [3.05, 3.63) is 80.9 Å². The highest BCUT2D eigenvalue weighted by molar-refractivity contribution is 6.83. The standard InChI is InChI=1S/C14H16N2OSi.C11H8N2O/c1-16-10-15-13-9-11(7-8-18(2,3)4)5-6-12(13)14(16)17;1-3-8-4-5-9-10(6-8)12-7-13(2)11(9)14/h5-6,9-10H,1-4H3;1,4-7H,2H3. The van der Waals surface area contributed by atoms with E-state index in [1.54, 1.807) is 44.7 Å². The average Bonchev–Trinajstić information content (AvgIpc) is 2.77. The van der Waals surface area contributed by atoms with Gasteiger partial charge in [0.15, 0.2) is 0 Å². The lowest BCUT2D eigenvalue weighted by atomic mass is 10.1. The van der Waals surface area contributed by atoms with Gasteiger partial charge in [-0.1, -0.05) is 31.5 Å². The van der Waals surface area contributed by atoms with Gasteiger partial charge in [0.25, 0.3) is 11.1 Å². The maximum absolute atomic E-state index is 11.9. The van der Waals surface area contributed by atoms with Crippen molar-refractivity contribution in [2.24, 2.45) is 14.1 Å². The molecule has 32 heavy (non-hydrogen) atoms. The Kier molecular flexibility index (Phi) is 6.43. The molecule has 6 nitrogen and oxygen atoms in total. The third kappa shape index (κ3) is 5.21. The molecule has 0 aliphatic rings. The molecule has 4 aromatic rings. The van der Waals surface area contributed by atoms with Crippen LogP contribution < -0.4 is 11.1 Å². The molecule has 2 aromatic carbocycles. The molecule has 0 aliphatic heterocycles. The molecule has 7 heteroatoms. The van der Waals surface area contributed by atoms with Crippen LogP contribution >= 0.6 is 0 Å². The van der Waals surface area contributed by atoms with E-state index < -0.39 is 8.07 Å². The van der Waals surface area contributed by atoms with Gasteiger partial charge in [0.1, 0.15) is 8.07 Å². The van der Waals surface area contributed by atoms with Gasteiger partial charge in [0, 0.05) is 25.2 Å². The second-order valence-corrected chi connectivity index (χ2v) is 13.2. The van der Waals surface area contributed by atoms with E-state index in [1.165, 1.54) is 15.5 Å². The van der Waals surface area contributed by atoms with Gasteiger partial charge in [0.05, 0.1) is 34.5 Å². The van der Waals surface area contributed by atoms with Gasteiger partial charge >= 0.3 is 0 Å². The van der Waals surface area contributed by atoms with Gasteiger partial charge in [-0.3, -0.25) is 9.59 Å². The normalized spacial score (nSPS) is 10.6. The molecule has 0 N–H and O–H groups in total. The van der Waals surface area contributed by atoms with Crippen LogP contribution in [0.2, 0.25) is 19.6 Å². The number of hydrogen-bond acceptors (Lipinski definition) is 4. The summed E-state index contributed by atoms with van der Waals surface area (Å²) in [5.74, 6) is 5.68. The lowest BCUT2D eigenvalue weighted by molar-refractivity contribution is 0.843. The maximum Gasteiger partial charge on any atom is 0.260 e. The van der Waals surface area contributed by atoms with Crippen molar-refractivity contribution in [2.45, 2.75) is 19.6 Å². The predicted molar refractivity (Wildman–Crippen MR) is 132 cm³/mol. The average molecular weight is 441 g/mol. The first-order valence-electron chi connectivity index (χ1n) is 9.99. The van der Waals surface area contributed by atoms with Crippen LogP contribution in [0, 0.1) is 23.8 Å². The van der Waals surface area contributed by atoms with Crippen molar-refractivity contribution in [3.8, 4) is 23.8 Å². The largest absolute Gasteiger partial charge is 0.302 e. The first-order valence-corrected chi connectivity index (χ1v) is 13.5. The quantitative estimate of drug-likeness (QED) is 0.311. The van der Waals surface area contributed by atoms with Crippen LogP contribution in [0.5, 0.6) is 0 Å². The Labute approximate surface area is 187 Å². The van der Waals surface area contributed by atoms with Gasteiger partial charge in [-0.2, -0.15) is 0 Å². The smallest absolute Gasteiger partial charge is 0.260 e. The molecule has 160 valence electrons. The van der Waals surface area contributed by atoms with Crippen LogP contribution in [0.4, 0.5) is 0 Å². The lowest BCUT2D eigenvalue weighted by Gasteiger charge is -2.04. The molecule has 0 fully saturated rings. The molecular formula is C25H24N4O2Si. The van der Waals surface area contributed by atoms with E-state index in [0.717, 1.165) is 11.1 Å². The lowest BCUT2D eigenvalue weighted by Crippen LogP contribution is -2.17. The summed E-state index contributed by atoms with van der Waals surface area (Å²) in [6.45, 7) is 6.61. The minimum atomic E-state index is -1.37. The van der Waals surface area contributed by atoms with Crippen LogP contribution in [-0.4, -0.2) is 27.2 Å². The van der Waals surface area contributed by atoms with Crippen molar-refractivity contribution in [3.63, 3.8) is 0 Å². The molecule has 2 heterocycles. The molecule has 0 saturated carbocycles. The zero-order valence-corrected chi connectivity index (χ0v) is 19.8. The number of fused-ring (bicyclic) bond motifs is 2. The van der Waals surface area contributed by atoms with Crippen molar-refractivity contribution in [2.75, 3.05) is 0 Å². The fourth-order valence-corrected chi connectivity index (χ4v) is 3.37. The fraction of sp³-hybridized carbons (Fsp3) is 0.200. The van der Waals surface area contributed by atoms with Gasteiger partial charge in [0.2, 0.25) is 0 Å². The minimum absolute atomic E-state index is 0.0234. The Hall–Kier alpha value is -3.94. The molecule has 0 unspecified atom stereocenters. The van der Waals surface area contributed by atoms with Gasteiger partial charge < -0.3 is 9.13 Å². The Morgan fingerprint density at radius 1 is 0.812 bits per heavy atom. The summed E-state index contributed by atoms with van der Waals surface area (Å²) in [5.41, 5.74) is 6.23. The monoisotopic (exact) mass is 440 g/mol. The minimum Gasteiger partial charge on any atom is -0.302 e. The van der Waals surface area contributed by atoms with Crippen molar-refractivity contribution >= 4 is 29.9 Å². The van der Waals surface area contributed by atoms with E-state index >= 15 is 0 Å². The summed E-state index contributed by atoms with van der Waals surface area (Å²) in [4.78, 5) is 31.8. The van der Waals surface area contributed by atoms with Crippen molar-refractivity contribution < 1.29 is 0 Å². The second-order valence-electron chi connectivity index (χ2n) is 8.43. The molecule has 0 atom stereocenters. The van der Waals surface area contributed by atoms with Crippen LogP contribution in [0.3, 0.4) is 0 Å². The summed E-state index contributed by atoms with van der Waals surface area (Å²) in [5, 5.41) is 1.23. The van der Waals surface area contributed by atoms with Gasteiger partial charge in [-0.05, 0) is 36.4 Å². The number of nitrogens with zero attached hydrogens (tertiary/aromatic N) is 4. The van der Waals surface area contributed by atoms with E-state index in [-0.39, 0.29) is 11.1 Å². The van der Waals surface area contributed by atoms with E-state index in [9.17, 15) is 9.59 Å². The number of benzene rings is 2. The van der Waals surface area contributed by atoms with Gasteiger partial charge in [-0.25, -0.2) is 9.97 Å². The number of aryl methyl sites for hydroxylation is 2. The fourth-order valence-electron chi connectivity index (χ4n) is 2.85. The maximum atomic E-state index is 11.9.